The summed E-state index contributed by atoms with van der Waals surface area (Å²) in [4.78, 5) is 0. The highest BCUT2D eigenvalue weighted by Gasteiger charge is 2.02. The molecule has 0 spiro atoms. The van der Waals surface area contributed by atoms with Gasteiger partial charge in [0.25, 0.3) is 0 Å². The molecular formula is C13H20N2O2S. The number of anilines is 1. The van der Waals surface area contributed by atoms with Crippen LogP contribution in [0.2, 0.25) is 0 Å². The molecule has 0 aromatic heterocycles. The van der Waals surface area contributed by atoms with E-state index in [1.54, 1.807) is 14.2 Å². The summed E-state index contributed by atoms with van der Waals surface area (Å²) in [6.07, 6.45) is 0.929. The normalized spacial score (nSPS) is 10.1. The van der Waals surface area contributed by atoms with Crippen LogP contribution in [0.25, 0.3) is 0 Å². The largest absolute Gasteiger partial charge is 0.385 e. The fraction of sp³-hybridized carbons (Fsp3) is 0.462. The Morgan fingerprint density at radius 2 is 2.00 bits per heavy atom. The van der Waals surface area contributed by atoms with Crippen LogP contribution >= 0.6 is 12.2 Å². The van der Waals surface area contributed by atoms with E-state index in [0.717, 1.165) is 30.8 Å². The van der Waals surface area contributed by atoms with E-state index in [0.29, 0.717) is 11.7 Å². The van der Waals surface area contributed by atoms with Crippen molar-refractivity contribution in [3.63, 3.8) is 0 Å². The fourth-order valence-electron chi connectivity index (χ4n) is 1.51. The van der Waals surface area contributed by atoms with Crippen molar-refractivity contribution in [3.8, 4) is 0 Å². The molecule has 0 radical (unpaired) electrons. The first kappa shape index (κ1) is 14.9. The number of benzene rings is 1. The van der Waals surface area contributed by atoms with Crippen molar-refractivity contribution in [2.24, 2.45) is 0 Å². The summed E-state index contributed by atoms with van der Waals surface area (Å²) >= 11 is 5.23. The summed E-state index contributed by atoms with van der Waals surface area (Å²) in [6.45, 7) is 2.09. The van der Waals surface area contributed by atoms with Gasteiger partial charge in [0.1, 0.15) is 0 Å². The molecule has 0 saturated carbocycles. The lowest BCUT2D eigenvalue weighted by Gasteiger charge is -2.13. The van der Waals surface area contributed by atoms with Gasteiger partial charge in [0, 0.05) is 38.6 Å². The topological polar surface area (TPSA) is 42.5 Å². The molecule has 100 valence electrons. The lowest BCUT2D eigenvalue weighted by Crippen LogP contribution is -2.30. The number of hydrogen-bond acceptors (Lipinski definition) is 3. The maximum absolute atomic E-state index is 5.23. The first-order chi connectivity index (χ1) is 8.77. The molecule has 0 aliphatic rings. The van der Waals surface area contributed by atoms with Crippen molar-refractivity contribution < 1.29 is 9.47 Å². The predicted octanol–water partition coefficient (Wildman–Crippen LogP) is 2.16. The molecule has 0 aliphatic heterocycles. The van der Waals surface area contributed by atoms with E-state index in [1.807, 2.05) is 24.3 Å². The molecule has 5 heteroatoms. The molecule has 2 N–H and O–H groups in total. The quantitative estimate of drug-likeness (QED) is 0.586. The number of rotatable bonds is 7. The zero-order chi connectivity index (χ0) is 13.2. The van der Waals surface area contributed by atoms with E-state index in [-0.39, 0.29) is 0 Å². The minimum absolute atomic E-state index is 0.565. The van der Waals surface area contributed by atoms with E-state index in [1.165, 1.54) is 0 Å². The average Bonchev–Trinajstić information content (AvgIpc) is 2.37. The van der Waals surface area contributed by atoms with E-state index < -0.39 is 0 Å². The lowest BCUT2D eigenvalue weighted by molar-refractivity contribution is 0.185. The molecule has 4 nitrogen and oxygen atoms in total. The molecule has 18 heavy (non-hydrogen) atoms. The van der Waals surface area contributed by atoms with Gasteiger partial charge in [0.15, 0.2) is 5.11 Å². The van der Waals surface area contributed by atoms with Gasteiger partial charge in [-0.3, -0.25) is 0 Å². The van der Waals surface area contributed by atoms with Crippen LogP contribution in [0.1, 0.15) is 12.0 Å². The van der Waals surface area contributed by atoms with E-state index >= 15 is 0 Å². The number of para-hydroxylation sites is 1. The third-order valence-electron chi connectivity index (χ3n) is 2.38. The van der Waals surface area contributed by atoms with Crippen LogP contribution < -0.4 is 10.6 Å². The van der Waals surface area contributed by atoms with Crippen molar-refractivity contribution in [2.45, 2.75) is 13.0 Å². The highest BCUT2D eigenvalue weighted by atomic mass is 32.1. The average molecular weight is 268 g/mol. The number of methoxy groups -OCH3 is 2. The van der Waals surface area contributed by atoms with Gasteiger partial charge < -0.3 is 20.1 Å². The van der Waals surface area contributed by atoms with E-state index in [4.69, 9.17) is 21.7 Å². The Morgan fingerprint density at radius 3 is 2.72 bits per heavy atom. The lowest BCUT2D eigenvalue weighted by atomic mass is 10.2. The van der Waals surface area contributed by atoms with Gasteiger partial charge in [0.05, 0.1) is 6.61 Å². The number of thiocarbonyl (C=S) groups is 1. The van der Waals surface area contributed by atoms with Gasteiger partial charge >= 0.3 is 0 Å². The van der Waals surface area contributed by atoms with Gasteiger partial charge in [0.2, 0.25) is 0 Å². The van der Waals surface area contributed by atoms with Crippen molar-refractivity contribution in [1.29, 1.82) is 0 Å². The van der Waals surface area contributed by atoms with Gasteiger partial charge in [-0.15, -0.1) is 0 Å². The SMILES string of the molecule is COCCCNC(=S)Nc1ccccc1COC. The second-order valence-corrected chi connectivity index (χ2v) is 4.23. The molecule has 0 heterocycles. The molecule has 0 aliphatic carbocycles. The Kier molecular flexibility index (Phi) is 7.32. The van der Waals surface area contributed by atoms with Crippen molar-refractivity contribution in [3.05, 3.63) is 29.8 Å². The van der Waals surface area contributed by atoms with Crippen LogP contribution in [0.15, 0.2) is 24.3 Å². The smallest absolute Gasteiger partial charge is 0.170 e. The summed E-state index contributed by atoms with van der Waals surface area (Å²) in [5.41, 5.74) is 2.06. The summed E-state index contributed by atoms with van der Waals surface area (Å²) in [5.74, 6) is 0. The molecule has 0 amide bonds. The van der Waals surface area contributed by atoms with Crippen molar-refractivity contribution >= 4 is 23.0 Å². The Labute approximate surface area is 114 Å². The molecular weight excluding hydrogens is 248 g/mol. The monoisotopic (exact) mass is 268 g/mol. The van der Waals surface area contributed by atoms with Gasteiger partial charge in [-0.05, 0) is 24.7 Å². The Balaban J connectivity index is 2.43. The van der Waals surface area contributed by atoms with Gasteiger partial charge in [-0.1, -0.05) is 18.2 Å². The first-order valence-electron chi connectivity index (χ1n) is 5.88. The van der Waals surface area contributed by atoms with E-state index in [2.05, 4.69) is 10.6 Å². The predicted molar refractivity (Wildman–Crippen MR) is 77.9 cm³/mol. The summed E-state index contributed by atoms with van der Waals surface area (Å²) in [7, 11) is 3.37. The third kappa shape index (κ3) is 5.44. The number of ether oxygens (including phenoxy) is 2. The minimum Gasteiger partial charge on any atom is -0.385 e. The Morgan fingerprint density at radius 1 is 1.22 bits per heavy atom. The minimum atomic E-state index is 0.565. The summed E-state index contributed by atoms with van der Waals surface area (Å²) in [6, 6.07) is 7.94. The highest BCUT2D eigenvalue weighted by Crippen LogP contribution is 2.15. The molecule has 1 aromatic carbocycles. The first-order valence-corrected chi connectivity index (χ1v) is 6.29. The Hall–Kier alpha value is -1.17. The van der Waals surface area contributed by atoms with Crippen LogP contribution in [-0.4, -0.2) is 32.5 Å². The fourth-order valence-corrected chi connectivity index (χ4v) is 1.72. The van der Waals surface area contributed by atoms with Crippen LogP contribution in [0.5, 0.6) is 0 Å². The number of nitrogens with one attached hydrogen (secondary N) is 2. The zero-order valence-corrected chi connectivity index (χ0v) is 11.7. The van der Waals surface area contributed by atoms with E-state index in [9.17, 15) is 0 Å². The molecule has 1 aromatic rings. The standard InChI is InChI=1S/C13H20N2O2S/c1-16-9-5-8-14-13(18)15-12-7-4-3-6-11(12)10-17-2/h3-4,6-7H,5,8-10H2,1-2H3,(H2,14,15,18). The van der Waals surface area contributed by atoms with Crippen molar-refractivity contribution in [2.75, 3.05) is 32.7 Å². The molecule has 0 fully saturated rings. The Bertz CT molecular complexity index is 372. The maximum atomic E-state index is 5.23. The van der Waals surface area contributed by atoms with Gasteiger partial charge in [-0.2, -0.15) is 0 Å². The molecule has 0 bridgehead atoms. The van der Waals surface area contributed by atoms with Gasteiger partial charge in [-0.25, -0.2) is 0 Å². The highest BCUT2D eigenvalue weighted by molar-refractivity contribution is 7.80. The van der Waals surface area contributed by atoms with Crippen LogP contribution in [0.3, 0.4) is 0 Å². The molecule has 0 atom stereocenters. The molecule has 1 rings (SSSR count). The van der Waals surface area contributed by atoms with Crippen LogP contribution in [-0.2, 0) is 16.1 Å². The maximum Gasteiger partial charge on any atom is 0.170 e. The zero-order valence-electron chi connectivity index (χ0n) is 10.9. The summed E-state index contributed by atoms with van der Waals surface area (Å²) < 4.78 is 10.1. The third-order valence-corrected chi connectivity index (χ3v) is 2.62. The number of hydrogen-bond donors (Lipinski definition) is 2. The second kappa shape index (κ2) is 8.85. The summed E-state index contributed by atoms with van der Waals surface area (Å²) in [5, 5.41) is 6.93. The van der Waals surface area contributed by atoms with Crippen molar-refractivity contribution in [1.82, 2.24) is 5.32 Å². The van der Waals surface area contributed by atoms with Crippen LogP contribution in [0, 0.1) is 0 Å². The molecule has 0 saturated heterocycles. The second-order valence-electron chi connectivity index (χ2n) is 3.82. The van der Waals surface area contributed by atoms with Crippen LogP contribution in [0.4, 0.5) is 5.69 Å². The molecule has 0 unspecified atom stereocenters.